The van der Waals surface area contributed by atoms with Gasteiger partial charge >= 0.3 is 5.69 Å². The summed E-state index contributed by atoms with van der Waals surface area (Å²) in [5.41, 5.74) is -0.147. The minimum absolute atomic E-state index is 0.00908. The lowest BCUT2D eigenvalue weighted by Gasteiger charge is -2.07. The first-order valence-corrected chi connectivity index (χ1v) is 7.82. The van der Waals surface area contributed by atoms with Gasteiger partial charge in [-0.3, -0.25) is 10.1 Å². The summed E-state index contributed by atoms with van der Waals surface area (Å²) in [6.45, 7) is 1.94. The maximum absolute atomic E-state index is 11.1. The number of nitro benzene ring substituents is 1. The molecule has 26 heavy (non-hydrogen) atoms. The van der Waals surface area contributed by atoms with E-state index >= 15 is 0 Å². The molecule has 3 rings (SSSR count). The second-order valence-electron chi connectivity index (χ2n) is 4.96. The molecule has 0 unspecified atom stereocenters. The molecule has 0 amide bonds. The highest BCUT2D eigenvalue weighted by Gasteiger charge is 2.20. The van der Waals surface area contributed by atoms with Crippen LogP contribution in [-0.2, 0) is 0 Å². The lowest BCUT2D eigenvalue weighted by molar-refractivity contribution is -0.386. The van der Waals surface area contributed by atoms with Gasteiger partial charge in [-0.1, -0.05) is 0 Å². The Kier molecular flexibility index (Phi) is 4.80. The number of hydrogen-bond acceptors (Lipinski definition) is 8. The van der Waals surface area contributed by atoms with Crippen LogP contribution in [0, 0.1) is 14.9 Å². The number of benzene rings is 1. The molecule has 0 atom stereocenters. The Morgan fingerprint density at radius 2 is 2.38 bits per heavy atom. The monoisotopic (exact) mass is 375 g/mol. The van der Waals surface area contributed by atoms with Crippen LogP contribution in [0.15, 0.2) is 40.0 Å². The molecule has 0 aliphatic heterocycles. The molecule has 0 aliphatic carbocycles. The maximum Gasteiger partial charge on any atom is 0.315 e. The number of furan rings is 1. The lowest BCUT2D eigenvalue weighted by atomic mass is 10.2. The second-order valence-corrected chi connectivity index (χ2v) is 5.35. The van der Waals surface area contributed by atoms with Gasteiger partial charge in [0, 0.05) is 11.6 Å². The van der Waals surface area contributed by atoms with Crippen LogP contribution in [0.1, 0.15) is 12.5 Å². The largest absolute Gasteiger partial charge is 0.500 e. The summed E-state index contributed by atoms with van der Waals surface area (Å²) >= 11 is 5.13. The molecular weight excluding hydrogens is 362 g/mol. The number of nitrogens with zero attached hydrogens (tertiary/aromatic N) is 4. The molecule has 2 N–H and O–H groups in total. The van der Waals surface area contributed by atoms with Crippen molar-refractivity contribution in [3.05, 3.63) is 51.0 Å². The van der Waals surface area contributed by atoms with E-state index in [1.807, 2.05) is 0 Å². The quantitative estimate of drug-likeness (QED) is 0.293. The number of aromatic hydroxyl groups is 1. The molecule has 0 bridgehead atoms. The number of nitrogens with one attached hydrogen (secondary N) is 1. The summed E-state index contributed by atoms with van der Waals surface area (Å²) in [6.07, 6.45) is 2.82. The molecule has 2 aromatic heterocycles. The van der Waals surface area contributed by atoms with Crippen molar-refractivity contribution >= 4 is 24.1 Å². The zero-order valence-corrected chi connectivity index (χ0v) is 14.3. The molecule has 0 fully saturated rings. The number of aromatic amines is 1. The molecule has 0 saturated carbocycles. The summed E-state index contributed by atoms with van der Waals surface area (Å²) in [6, 6.07) is 6.00. The van der Waals surface area contributed by atoms with E-state index in [4.69, 9.17) is 21.4 Å². The van der Waals surface area contributed by atoms with Gasteiger partial charge in [-0.2, -0.15) is 9.78 Å². The summed E-state index contributed by atoms with van der Waals surface area (Å²) in [4.78, 5) is 10.4. The highest BCUT2D eigenvalue weighted by Crippen LogP contribution is 2.36. The standard InChI is InChI=1S/C15H13N5O5S/c1-2-24-12-7-9(6-10(13(12)21)20(22)23)8-16-19-14(17-18-15(19)26)11-4-3-5-25-11/h3-8,21H,2H2,1H3,(H,18,26)/b16-8-. The predicted octanol–water partition coefficient (Wildman–Crippen LogP) is 3.10. The third kappa shape index (κ3) is 3.32. The van der Waals surface area contributed by atoms with Crippen molar-refractivity contribution in [2.75, 3.05) is 6.61 Å². The van der Waals surface area contributed by atoms with Crippen molar-refractivity contribution in [3.63, 3.8) is 0 Å². The first-order chi connectivity index (χ1) is 12.5. The number of rotatable bonds is 6. The van der Waals surface area contributed by atoms with E-state index in [1.165, 1.54) is 29.3 Å². The third-order valence-electron chi connectivity index (χ3n) is 3.29. The second kappa shape index (κ2) is 7.19. The first-order valence-electron chi connectivity index (χ1n) is 7.41. The molecule has 3 aromatic rings. The number of aromatic nitrogens is 3. The van der Waals surface area contributed by atoms with Crippen molar-refractivity contribution < 1.29 is 19.2 Å². The van der Waals surface area contributed by atoms with E-state index in [0.717, 1.165) is 0 Å². The Morgan fingerprint density at radius 1 is 1.58 bits per heavy atom. The molecule has 0 saturated heterocycles. The summed E-state index contributed by atoms with van der Waals surface area (Å²) in [5.74, 6) is 0.242. The Morgan fingerprint density at radius 3 is 3.04 bits per heavy atom. The van der Waals surface area contributed by atoms with Crippen molar-refractivity contribution in [3.8, 4) is 23.1 Å². The van der Waals surface area contributed by atoms with Gasteiger partial charge in [0.15, 0.2) is 11.5 Å². The number of ether oxygens (including phenoxy) is 1. The third-order valence-corrected chi connectivity index (χ3v) is 3.55. The number of hydrogen-bond donors (Lipinski definition) is 2. The van der Waals surface area contributed by atoms with Crippen LogP contribution in [0.2, 0.25) is 0 Å². The molecule has 1 aromatic carbocycles. The Balaban J connectivity index is 2.03. The summed E-state index contributed by atoms with van der Waals surface area (Å²) in [5, 5.41) is 31.9. The normalized spacial score (nSPS) is 11.1. The smallest absolute Gasteiger partial charge is 0.315 e. The molecule has 11 heteroatoms. The van der Waals surface area contributed by atoms with Crippen molar-refractivity contribution in [2.45, 2.75) is 6.92 Å². The van der Waals surface area contributed by atoms with E-state index in [-0.39, 0.29) is 17.1 Å². The summed E-state index contributed by atoms with van der Waals surface area (Å²) in [7, 11) is 0. The molecule has 0 spiro atoms. The van der Waals surface area contributed by atoms with Crippen LogP contribution in [-0.4, -0.2) is 37.7 Å². The Hall–Kier alpha value is -3.47. The maximum atomic E-state index is 11.1. The van der Waals surface area contributed by atoms with E-state index in [2.05, 4.69) is 15.3 Å². The van der Waals surface area contributed by atoms with Gasteiger partial charge in [0.25, 0.3) is 0 Å². The zero-order chi connectivity index (χ0) is 18.7. The number of phenols is 1. The van der Waals surface area contributed by atoms with Crippen molar-refractivity contribution in [1.29, 1.82) is 0 Å². The average Bonchev–Trinajstić information content (AvgIpc) is 3.25. The van der Waals surface area contributed by atoms with Crippen molar-refractivity contribution in [2.24, 2.45) is 5.10 Å². The van der Waals surface area contributed by atoms with Crippen molar-refractivity contribution in [1.82, 2.24) is 14.9 Å². The number of nitro groups is 1. The highest BCUT2D eigenvalue weighted by atomic mass is 32.1. The van der Waals surface area contributed by atoms with E-state index < -0.39 is 16.4 Å². The van der Waals surface area contributed by atoms with Gasteiger partial charge in [-0.15, -0.1) is 5.10 Å². The highest BCUT2D eigenvalue weighted by molar-refractivity contribution is 7.71. The zero-order valence-electron chi connectivity index (χ0n) is 13.4. The van der Waals surface area contributed by atoms with Crippen LogP contribution in [0.5, 0.6) is 11.5 Å². The molecule has 10 nitrogen and oxygen atoms in total. The number of H-pyrrole nitrogens is 1. The first kappa shape index (κ1) is 17.4. The molecule has 0 radical (unpaired) electrons. The summed E-state index contributed by atoms with van der Waals surface area (Å²) < 4.78 is 12.0. The van der Waals surface area contributed by atoms with Crippen LogP contribution in [0.4, 0.5) is 5.69 Å². The molecule has 0 aliphatic rings. The fourth-order valence-corrected chi connectivity index (χ4v) is 2.36. The van der Waals surface area contributed by atoms with Crippen LogP contribution < -0.4 is 4.74 Å². The van der Waals surface area contributed by atoms with Gasteiger partial charge in [0.2, 0.25) is 16.3 Å². The number of phenolic OH excluding ortho intramolecular Hbond substituents is 1. The minimum atomic E-state index is -0.701. The predicted molar refractivity (Wildman–Crippen MR) is 94.0 cm³/mol. The van der Waals surface area contributed by atoms with Gasteiger partial charge in [-0.25, -0.2) is 5.10 Å². The minimum Gasteiger partial charge on any atom is -0.500 e. The van der Waals surface area contributed by atoms with E-state index in [0.29, 0.717) is 17.1 Å². The van der Waals surface area contributed by atoms with Gasteiger partial charge in [0.1, 0.15) is 0 Å². The van der Waals surface area contributed by atoms with Crippen LogP contribution in [0.25, 0.3) is 11.6 Å². The molecular formula is C15H13N5O5S. The topological polar surface area (TPSA) is 132 Å². The SMILES string of the molecule is CCOc1cc(/C=N\n2c(-c3ccco3)n[nH]c2=S)cc([N+](=O)[O-])c1O. The van der Waals surface area contributed by atoms with Crippen LogP contribution >= 0.6 is 12.2 Å². The fourth-order valence-electron chi connectivity index (χ4n) is 2.18. The molecule has 134 valence electrons. The Labute approximate surface area is 151 Å². The average molecular weight is 375 g/mol. The van der Waals surface area contributed by atoms with Gasteiger partial charge in [0.05, 0.1) is 24.0 Å². The van der Waals surface area contributed by atoms with E-state index in [9.17, 15) is 15.2 Å². The van der Waals surface area contributed by atoms with E-state index in [1.54, 1.807) is 19.1 Å². The lowest BCUT2D eigenvalue weighted by Crippen LogP contribution is -1.99. The van der Waals surface area contributed by atoms with Gasteiger partial charge < -0.3 is 14.3 Å². The Bertz CT molecular complexity index is 1020. The molecule has 2 heterocycles. The van der Waals surface area contributed by atoms with Gasteiger partial charge in [-0.05, 0) is 37.3 Å². The van der Waals surface area contributed by atoms with Crippen LogP contribution in [0.3, 0.4) is 0 Å². The fraction of sp³-hybridized carbons (Fsp3) is 0.133.